The van der Waals surface area contributed by atoms with Crippen LogP contribution in [0.4, 0.5) is 0 Å². The van der Waals surface area contributed by atoms with Crippen LogP contribution in [0.1, 0.15) is 88.7 Å². The van der Waals surface area contributed by atoms with Gasteiger partial charge in [0.25, 0.3) is 5.56 Å². The van der Waals surface area contributed by atoms with E-state index in [1.165, 1.54) is 38.5 Å². The molecule has 2 aliphatic carbocycles. The highest BCUT2D eigenvalue weighted by molar-refractivity contribution is 5.89. The molecule has 4 aliphatic rings. The molecular weight excluding hydrogens is 438 g/mol. The Hall–Kier alpha value is -2.21. The molecule has 2 saturated carbocycles. The molecule has 8 atom stereocenters. The molecule has 4 fully saturated rings. The largest absolute Gasteiger partial charge is 0.461 e. The van der Waals surface area contributed by atoms with Gasteiger partial charge >= 0.3 is 5.97 Å². The molecule has 6 heteroatoms. The van der Waals surface area contributed by atoms with Crippen LogP contribution in [0.2, 0.25) is 0 Å². The minimum Gasteiger partial charge on any atom is -0.461 e. The number of aromatic nitrogens is 2. The fourth-order valence-electron chi connectivity index (χ4n) is 8.50. The van der Waals surface area contributed by atoms with Crippen molar-refractivity contribution in [3.63, 3.8) is 0 Å². The van der Waals surface area contributed by atoms with Crippen LogP contribution >= 0.6 is 0 Å². The van der Waals surface area contributed by atoms with E-state index in [0.717, 1.165) is 42.0 Å². The van der Waals surface area contributed by atoms with Gasteiger partial charge in [-0.3, -0.25) is 9.69 Å². The molecule has 6 rings (SSSR count). The van der Waals surface area contributed by atoms with Crippen LogP contribution < -0.4 is 5.56 Å². The highest BCUT2D eigenvalue weighted by Crippen LogP contribution is 2.59. The number of hydrogen-bond acceptors (Lipinski definition) is 5. The number of piperidine rings is 2. The third-order valence-corrected chi connectivity index (χ3v) is 9.81. The van der Waals surface area contributed by atoms with Gasteiger partial charge in [0.15, 0.2) is 0 Å². The summed E-state index contributed by atoms with van der Waals surface area (Å²) >= 11 is 0. The summed E-state index contributed by atoms with van der Waals surface area (Å²) in [6.45, 7) is 6.88. The van der Waals surface area contributed by atoms with E-state index in [1.54, 1.807) is 6.92 Å². The van der Waals surface area contributed by atoms with Gasteiger partial charge in [0.05, 0.1) is 17.6 Å². The zero-order chi connectivity index (χ0) is 24.3. The van der Waals surface area contributed by atoms with Gasteiger partial charge < -0.3 is 9.30 Å². The number of carbonyl (C=O) groups excluding carboxylic acids is 1. The van der Waals surface area contributed by atoms with E-state index < -0.39 is 5.97 Å². The van der Waals surface area contributed by atoms with Gasteiger partial charge in [0.1, 0.15) is 0 Å². The summed E-state index contributed by atoms with van der Waals surface area (Å²) in [5.41, 5.74) is 1.13. The molecule has 0 N–H and O–H groups in total. The number of benzene rings is 1. The van der Waals surface area contributed by atoms with Crippen LogP contribution in [-0.4, -0.2) is 45.2 Å². The molecule has 2 saturated heterocycles. The van der Waals surface area contributed by atoms with Crippen molar-refractivity contribution >= 4 is 17.0 Å². The first-order chi connectivity index (χ1) is 17.0. The highest BCUT2D eigenvalue weighted by Gasteiger charge is 2.52. The topological polar surface area (TPSA) is 64.4 Å². The number of ether oxygens (including phenoxy) is 1. The fourth-order valence-corrected chi connectivity index (χ4v) is 8.50. The highest BCUT2D eigenvalue weighted by atomic mass is 16.5. The van der Waals surface area contributed by atoms with E-state index in [9.17, 15) is 9.59 Å². The number of rotatable bonds is 6. The summed E-state index contributed by atoms with van der Waals surface area (Å²) in [6, 6.07) is 9.41. The quantitative estimate of drug-likeness (QED) is 0.535. The second-order valence-corrected chi connectivity index (χ2v) is 11.8. The van der Waals surface area contributed by atoms with Gasteiger partial charge in [-0.25, -0.2) is 9.78 Å². The van der Waals surface area contributed by atoms with Crippen molar-refractivity contribution in [2.24, 2.45) is 23.7 Å². The molecule has 1 aromatic heterocycles. The van der Waals surface area contributed by atoms with E-state index in [2.05, 4.69) is 23.7 Å². The number of para-hydroxylation sites is 2. The molecular formula is C29H39N3O3. The second kappa shape index (κ2) is 9.02. The number of hydrogen-bond donors (Lipinski definition) is 0. The first kappa shape index (κ1) is 23.2. The van der Waals surface area contributed by atoms with Crippen LogP contribution in [0.3, 0.4) is 0 Å². The first-order valence-corrected chi connectivity index (χ1v) is 13.9. The van der Waals surface area contributed by atoms with Gasteiger partial charge in [-0.15, -0.1) is 0 Å². The van der Waals surface area contributed by atoms with Crippen molar-refractivity contribution in [2.45, 2.75) is 96.3 Å². The molecule has 6 nitrogen and oxygen atoms in total. The number of fused-ring (bicyclic) bond motifs is 4. The lowest BCUT2D eigenvalue weighted by atomic mass is 9.47. The van der Waals surface area contributed by atoms with Gasteiger partial charge in [0, 0.05) is 24.2 Å². The maximum absolute atomic E-state index is 13.6. The Kier molecular flexibility index (Phi) is 5.98. The molecule has 2 aliphatic heterocycles. The summed E-state index contributed by atoms with van der Waals surface area (Å²) in [6.07, 6.45) is 9.83. The molecule has 2 bridgehead atoms. The lowest BCUT2D eigenvalue weighted by Gasteiger charge is -2.60. The summed E-state index contributed by atoms with van der Waals surface area (Å²) in [5, 5.41) is 0. The summed E-state index contributed by atoms with van der Waals surface area (Å²) < 4.78 is 7.07. The number of carbonyl (C=O) groups is 1. The molecule has 2 aromatic rings. The summed E-state index contributed by atoms with van der Waals surface area (Å²) in [5.74, 6) is 3.23. The Morgan fingerprint density at radius 2 is 1.86 bits per heavy atom. The predicted octanol–water partition coefficient (Wildman–Crippen LogP) is 5.20. The van der Waals surface area contributed by atoms with Gasteiger partial charge in [-0.1, -0.05) is 25.5 Å². The standard InChI is InChI=1S/C29H39N3O3/c1-4-35-29(34)27-28(33)32(25-11-6-5-10-24(25)30-27)23-15-21-8-7-9-22(16-23)31(21)18(3)13-20-14-19-12-17(2)26(19)20/h5-6,10-11,17-23,26H,4,7-9,12-16H2,1-3H3/t17-,18+,19-,20+,21-,22+,23+,26?/m1/s1. The third-order valence-electron chi connectivity index (χ3n) is 9.81. The average Bonchev–Trinajstić information content (AvgIpc) is 2.81. The third kappa shape index (κ3) is 3.83. The van der Waals surface area contributed by atoms with Crippen molar-refractivity contribution in [3.05, 3.63) is 40.3 Å². The smallest absolute Gasteiger partial charge is 0.362 e. The van der Waals surface area contributed by atoms with Crippen molar-refractivity contribution in [1.29, 1.82) is 0 Å². The van der Waals surface area contributed by atoms with Crippen LogP contribution in [0.15, 0.2) is 29.1 Å². The average molecular weight is 478 g/mol. The van der Waals surface area contributed by atoms with Crippen LogP contribution in [-0.2, 0) is 4.74 Å². The van der Waals surface area contributed by atoms with Crippen molar-refractivity contribution in [3.8, 4) is 0 Å². The van der Waals surface area contributed by atoms with E-state index in [-0.39, 0.29) is 23.9 Å². The molecule has 0 spiro atoms. The summed E-state index contributed by atoms with van der Waals surface area (Å²) in [7, 11) is 0. The van der Waals surface area contributed by atoms with Crippen molar-refractivity contribution < 1.29 is 9.53 Å². The maximum atomic E-state index is 13.6. The fraction of sp³-hybridized carbons (Fsp3) is 0.690. The lowest BCUT2D eigenvalue weighted by Crippen LogP contribution is -2.58. The maximum Gasteiger partial charge on any atom is 0.362 e. The Balaban J connectivity index is 1.28. The SMILES string of the molecule is CCOC(=O)c1nc2ccccc2n([C@H]2C[C@H]3CCC[C@@H](C2)N3[C@@H](C)C[C@H]2C[C@H]3C[C@@H](C)C23)c1=O. The van der Waals surface area contributed by atoms with Crippen molar-refractivity contribution in [2.75, 3.05) is 6.61 Å². The van der Waals surface area contributed by atoms with E-state index in [1.807, 2.05) is 28.8 Å². The second-order valence-electron chi connectivity index (χ2n) is 11.8. The normalized spacial score (nSPS) is 35.0. The molecule has 3 heterocycles. The molecule has 35 heavy (non-hydrogen) atoms. The van der Waals surface area contributed by atoms with E-state index in [0.29, 0.717) is 23.6 Å². The monoisotopic (exact) mass is 477 g/mol. The summed E-state index contributed by atoms with van der Waals surface area (Å²) in [4.78, 5) is 33.5. The van der Waals surface area contributed by atoms with Gasteiger partial charge in [0.2, 0.25) is 5.69 Å². The Labute approximate surface area is 208 Å². The molecule has 0 radical (unpaired) electrons. The first-order valence-electron chi connectivity index (χ1n) is 13.9. The Morgan fingerprint density at radius 1 is 1.11 bits per heavy atom. The van der Waals surface area contributed by atoms with Gasteiger partial charge in [-0.2, -0.15) is 0 Å². The van der Waals surface area contributed by atoms with Crippen LogP contribution in [0.5, 0.6) is 0 Å². The minimum atomic E-state index is -0.618. The predicted molar refractivity (Wildman–Crippen MR) is 136 cm³/mol. The van der Waals surface area contributed by atoms with Gasteiger partial charge in [-0.05, 0) is 94.6 Å². The van der Waals surface area contributed by atoms with E-state index in [4.69, 9.17) is 4.74 Å². The van der Waals surface area contributed by atoms with Crippen molar-refractivity contribution in [1.82, 2.24) is 14.5 Å². The lowest BCUT2D eigenvalue weighted by molar-refractivity contribution is -0.102. The Bertz CT molecular complexity index is 1160. The molecule has 1 unspecified atom stereocenters. The zero-order valence-corrected chi connectivity index (χ0v) is 21.4. The molecule has 188 valence electrons. The molecule has 0 amide bonds. The van der Waals surface area contributed by atoms with E-state index >= 15 is 0 Å². The Morgan fingerprint density at radius 3 is 2.54 bits per heavy atom. The number of nitrogens with zero attached hydrogens (tertiary/aromatic N) is 3. The molecule has 1 aromatic carbocycles. The zero-order valence-electron chi connectivity index (χ0n) is 21.4. The van der Waals surface area contributed by atoms with Crippen LogP contribution in [0, 0.1) is 23.7 Å². The minimum absolute atomic E-state index is 0.0827. The van der Waals surface area contributed by atoms with Crippen LogP contribution in [0.25, 0.3) is 11.0 Å². The number of esters is 1.